The van der Waals surface area contributed by atoms with Gasteiger partial charge in [-0.2, -0.15) is 21.1 Å². The average Bonchev–Trinajstić information content (AvgIpc) is 3.43. The summed E-state index contributed by atoms with van der Waals surface area (Å²) in [4.78, 5) is 18.4. The molecule has 0 N–H and O–H groups in total. The first-order valence-corrected chi connectivity index (χ1v) is 13.9. The van der Waals surface area contributed by atoms with Gasteiger partial charge in [-0.1, -0.05) is 23.5 Å². The van der Waals surface area contributed by atoms with Crippen LogP contribution in [0.2, 0.25) is 0 Å². The minimum Gasteiger partial charge on any atom is -0.497 e. The summed E-state index contributed by atoms with van der Waals surface area (Å²) in [5, 5.41) is 0. The lowest BCUT2D eigenvalue weighted by atomic mass is 10.2. The van der Waals surface area contributed by atoms with E-state index >= 15 is 0 Å². The maximum absolute atomic E-state index is 13.2. The zero-order valence-corrected chi connectivity index (χ0v) is 20.4. The van der Waals surface area contributed by atoms with Crippen LogP contribution in [0.3, 0.4) is 0 Å². The van der Waals surface area contributed by atoms with E-state index in [-0.39, 0.29) is 4.90 Å². The molecular formula is C22H25N3O4S3. The van der Waals surface area contributed by atoms with Crippen LogP contribution in [0.5, 0.6) is 5.75 Å². The highest BCUT2D eigenvalue weighted by atomic mass is 32.2. The number of aryl methyl sites for hydroxylation is 1. The maximum Gasteiger partial charge on any atom is 0.266 e. The number of carbonyl (C=O) groups excluding carboxylic acids is 1. The molecule has 0 bridgehead atoms. The molecule has 1 aliphatic heterocycles. The number of aromatic nitrogens is 1. The van der Waals surface area contributed by atoms with Gasteiger partial charge in [0.25, 0.3) is 5.91 Å². The summed E-state index contributed by atoms with van der Waals surface area (Å²) in [6.45, 7) is 1.04. The van der Waals surface area contributed by atoms with Crippen LogP contribution in [0.1, 0.15) is 12.8 Å². The summed E-state index contributed by atoms with van der Waals surface area (Å²) >= 11 is 3.18. The number of carbonyl (C=O) groups is 1. The van der Waals surface area contributed by atoms with Crippen LogP contribution in [-0.2, 0) is 21.4 Å². The van der Waals surface area contributed by atoms with E-state index in [2.05, 4.69) is 4.99 Å². The number of hydrogen-bond acceptors (Lipinski definition) is 6. The number of benzene rings is 2. The highest BCUT2D eigenvalue weighted by Gasteiger charge is 2.39. The summed E-state index contributed by atoms with van der Waals surface area (Å²) in [6.07, 6.45) is 3.13. The first kappa shape index (κ1) is 23.0. The molecule has 170 valence electrons. The number of hydrogen-bond donors (Lipinski definition) is 0. The number of ether oxygens (including phenoxy) is 1. The topological polar surface area (TPSA) is 81.0 Å². The first-order chi connectivity index (χ1) is 15.5. The minimum atomic E-state index is -3.81. The SMILES string of the molecule is COc1ccc(S(=O)(=O)N2CCCC2C(=O)N=c2sc3ccccc3n2CCSC)cc1. The van der Waals surface area contributed by atoms with Gasteiger partial charge in [-0.05, 0) is 55.5 Å². The van der Waals surface area contributed by atoms with Crippen LogP contribution in [0.25, 0.3) is 10.2 Å². The van der Waals surface area contributed by atoms with E-state index in [4.69, 9.17) is 4.74 Å². The van der Waals surface area contributed by atoms with E-state index in [1.807, 2.05) is 35.1 Å². The molecule has 0 saturated carbocycles. The Kier molecular flexibility index (Phi) is 7.04. The molecule has 1 fully saturated rings. The number of fused-ring (bicyclic) bond motifs is 1. The van der Waals surface area contributed by atoms with E-state index in [0.29, 0.717) is 29.9 Å². The minimum absolute atomic E-state index is 0.148. The number of nitrogens with zero attached hydrogens (tertiary/aromatic N) is 3. The van der Waals surface area contributed by atoms with Crippen molar-refractivity contribution in [3.05, 3.63) is 53.3 Å². The van der Waals surface area contributed by atoms with Crippen molar-refractivity contribution >= 4 is 49.2 Å². The smallest absolute Gasteiger partial charge is 0.266 e. The number of thioether (sulfide) groups is 1. The lowest BCUT2D eigenvalue weighted by Crippen LogP contribution is -2.40. The van der Waals surface area contributed by atoms with E-state index in [9.17, 15) is 13.2 Å². The monoisotopic (exact) mass is 491 g/mol. The van der Waals surface area contributed by atoms with Gasteiger partial charge in [-0.25, -0.2) is 8.42 Å². The summed E-state index contributed by atoms with van der Waals surface area (Å²) in [5.41, 5.74) is 1.03. The van der Waals surface area contributed by atoms with Crippen molar-refractivity contribution in [1.29, 1.82) is 0 Å². The van der Waals surface area contributed by atoms with Gasteiger partial charge in [-0.3, -0.25) is 4.79 Å². The number of methoxy groups -OCH3 is 1. The Labute approximate surface area is 195 Å². The predicted octanol–water partition coefficient (Wildman–Crippen LogP) is 3.36. The van der Waals surface area contributed by atoms with Gasteiger partial charge in [0.1, 0.15) is 11.8 Å². The van der Waals surface area contributed by atoms with Crippen molar-refractivity contribution in [2.24, 2.45) is 4.99 Å². The standard InChI is InChI=1S/C22H25N3O4S3/c1-29-16-9-11-17(12-10-16)32(27,28)25-13-5-7-19(25)21(26)23-22-24(14-15-30-2)18-6-3-4-8-20(18)31-22/h3-4,6,8-12,19H,5,7,13-15H2,1-2H3. The molecule has 0 aliphatic carbocycles. The van der Waals surface area contributed by atoms with Crippen LogP contribution < -0.4 is 9.54 Å². The molecule has 1 saturated heterocycles. The molecule has 2 heterocycles. The van der Waals surface area contributed by atoms with E-state index in [1.54, 1.807) is 23.9 Å². The van der Waals surface area contributed by atoms with Gasteiger partial charge in [-0.15, -0.1) is 0 Å². The van der Waals surface area contributed by atoms with Crippen molar-refractivity contribution in [3.63, 3.8) is 0 Å². The molecule has 7 nitrogen and oxygen atoms in total. The second-order valence-corrected chi connectivity index (χ2v) is 11.3. The van der Waals surface area contributed by atoms with Crippen molar-refractivity contribution in [1.82, 2.24) is 8.87 Å². The Bertz CT molecular complexity index is 1280. The quantitative estimate of drug-likeness (QED) is 0.506. The highest BCUT2D eigenvalue weighted by Crippen LogP contribution is 2.28. The fourth-order valence-corrected chi connectivity index (χ4v) is 6.91. The van der Waals surface area contributed by atoms with Crippen molar-refractivity contribution in [2.45, 2.75) is 30.3 Å². The summed E-state index contributed by atoms with van der Waals surface area (Å²) in [5.74, 6) is 1.06. The molecule has 4 rings (SSSR count). The van der Waals surface area contributed by atoms with E-state index in [0.717, 1.165) is 22.5 Å². The molecule has 1 aliphatic rings. The fourth-order valence-electron chi connectivity index (χ4n) is 3.83. The molecule has 0 radical (unpaired) electrons. The zero-order valence-electron chi connectivity index (χ0n) is 17.9. The Morgan fingerprint density at radius 2 is 1.97 bits per heavy atom. The third-order valence-electron chi connectivity index (χ3n) is 5.47. The van der Waals surface area contributed by atoms with Crippen molar-refractivity contribution in [2.75, 3.05) is 25.7 Å². The number of sulfonamides is 1. The van der Waals surface area contributed by atoms with Gasteiger partial charge in [0, 0.05) is 18.8 Å². The molecule has 10 heteroatoms. The lowest BCUT2D eigenvalue weighted by Gasteiger charge is -2.21. The predicted molar refractivity (Wildman–Crippen MR) is 129 cm³/mol. The molecule has 32 heavy (non-hydrogen) atoms. The number of para-hydroxylation sites is 1. The third-order valence-corrected chi connectivity index (χ3v) is 9.04. The Balaban J connectivity index is 1.67. The normalized spacial score (nSPS) is 17.8. The largest absolute Gasteiger partial charge is 0.497 e. The van der Waals surface area contributed by atoms with Gasteiger partial charge < -0.3 is 9.30 Å². The molecular weight excluding hydrogens is 466 g/mol. The van der Waals surface area contributed by atoms with Crippen LogP contribution in [0.15, 0.2) is 58.4 Å². The summed E-state index contributed by atoms with van der Waals surface area (Å²) in [6, 6.07) is 13.4. The zero-order chi connectivity index (χ0) is 22.7. The molecule has 1 amide bonds. The van der Waals surface area contributed by atoms with Crippen LogP contribution in [-0.4, -0.2) is 54.9 Å². The Hall–Kier alpha value is -2.14. The first-order valence-electron chi connectivity index (χ1n) is 10.3. The Morgan fingerprint density at radius 3 is 2.69 bits per heavy atom. The van der Waals surface area contributed by atoms with Crippen molar-refractivity contribution in [3.8, 4) is 5.75 Å². The lowest BCUT2D eigenvalue weighted by molar-refractivity contribution is -0.121. The average molecular weight is 492 g/mol. The summed E-state index contributed by atoms with van der Waals surface area (Å²) in [7, 11) is -2.28. The highest BCUT2D eigenvalue weighted by molar-refractivity contribution is 7.98. The van der Waals surface area contributed by atoms with Gasteiger partial charge in [0.15, 0.2) is 4.80 Å². The number of amides is 1. The van der Waals surface area contributed by atoms with Crippen LogP contribution in [0.4, 0.5) is 0 Å². The Morgan fingerprint density at radius 1 is 1.22 bits per heavy atom. The maximum atomic E-state index is 13.2. The van der Waals surface area contributed by atoms with Crippen LogP contribution in [0, 0.1) is 0 Å². The molecule has 0 spiro atoms. The molecule has 2 aromatic carbocycles. The molecule has 1 atom stereocenters. The van der Waals surface area contributed by atoms with E-state index < -0.39 is 22.0 Å². The van der Waals surface area contributed by atoms with Gasteiger partial charge in [0.05, 0.1) is 22.2 Å². The second kappa shape index (κ2) is 9.78. The van der Waals surface area contributed by atoms with Gasteiger partial charge in [0.2, 0.25) is 10.0 Å². The van der Waals surface area contributed by atoms with E-state index in [1.165, 1.54) is 34.9 Å². The fraction of sp³-hybridized carbons (Fsp3) is 0.364. The number of rotatable bonds is 7. The van der Waals surface area contributed by atoms with Crippen LogP contribution >= 0.6 is 23.1 Å². The van der Waals surface area contributed by atoms with Gasteiger partial charge >= 0.3 is 0 Å². The van der Waals surface area contributed by atoms with Crippen molar-refractivity contribution < 1.29 is 17.9 Å². The third kappa shape index (κ3) is 4.50. The molecule has 1 aromatic heterocycles. The molecule has 1 unspecified atom stereocenters. The summed E-state index contributed by atoms with van der Waals surface area (Å²) < 4.78 is 36.0. The molecule has 3 aromatic rings. The number of thiazole rings is 1. The second-order valence-electron chi connectivity index (χ2n) is 7.40.